The van der Waals surface area contributed by atoms with E-state index in [0.29, 0.717) is 42.9 Å². The lowest BCUT2D eigenvalue weighted by atomic mass is 9.96. The van der Waals surface area contributed by atoms with Crippen LogP contribution in [0.1, 0.15) is 29.2 Å². The number of hydrogen-bond acceptors (Lipinski definition) is 4. The predicted molar refractivity (Wildman–Crippen MR) is 150 cm³/mol. The molecule has 0 unspecified atom stereocenters. The molecule has 0 atom stereocenters. The molecule has 0 N–H and O–H groups in total. The minimum Gasteiger partial charge on any atom is -0.489 e. The highest BCUT2D eigenvalue weighted by Crippen LogP contribution is 2.37. The summed E-state index contributed by atoms with van der Waals surface area (Å²) in [5, 5.41) is 0.546. The van der Waals surface area contributed by atoms with E-state index in [0.717, 1.165) is 57.1 Å². The van der Waals surface area contributed by atoms with Gasteiger partial charge in [0.05, 0.1) is 11.6 Å². The molecule has 0 bridgehead atoms. The first-order valence-electron chi connectivity index (χ1n) is 12.6. The lowest BCUT2D eigenvalue weighted by molar-refractivity contribution is 0.171. The molecule has 4 aromatic rings. The molecule has 0 spiro atoms. The molecule has 0 saturated carbocycles. The number of hydrogen-bond donors (Lipinski definition) is 0. The topological polar surface area (TPSA) is 41.3 Å². The van der Waals surface area contributed by atoms with E-state index in [1.54, 1.807) is 6.07 Å². The fourth-order valence-electron chi connectivity index (χ4n) is 4.49. The van der Waals surface area contributed by atoms with E-state index in [4.69, 9.17) is 37.1 Å². The van der Waals surface area contributed by atoms with Gasteiger partial charge in [0.1, 0.15) is 37.9 Å². The molecule has 1 aliphatic rings. The molecule has 0 radical (unpaired) electrons. The molecule has 6 heteroatoms. The lowest BCUT2D eigenvalue weighted by Gasteiger charge is -2.20. The van der Waals surface area contributed by atoms with Crippen LogP contribution in [0.2, 0.25) is 5.02 Å². The largest absolute Gasteiger partial charge is 0.489 e. The zero-order chi connectivity index (χ0) is 26.5. The third kappa shape index (κ3) is 5.56. The quantitative estimate of drug-likeness (QED) is 0.217. The number of fused-ring (bicyclic) bond motifs is 1. The molecule has 0 fully saturated rings. The van der Waals surface area contributed by atoms with Crippen LogP contribution < -0.4 is 18.9 Å². The molecular weight excluding hydrogens is 498 g/mol. The standard InChI is InChI=1S/C32H28ClNO4/c1-4-23-16-28(33)31(18-30(23)37-19-22-7-5-9-26(15-22)34-3)38-20-25-8-6-10-27(21(25)2)24-11-12-29-32(17-24)36-14-13-35-29/h5-12,15-18H,4,13-14,19-20H2,1-2H3. The molecular formula is C32H28ClNO4. The van der Waals surface area contributed by atoms with Gasteiger partial charge in [0.2, 0.25) is 0 Å². The Labute approximate surface area is 228 Å². The van der Waals surface area contributed by atoms with E-state index in [1.807, 2.05) is 48.5 Å². The molecule has 0 aromatic heterocycles. The molecule has 1 heterocycles. The molecule has 1 aliphatic heterocycles. The Morgan fingerprint density at radius 3 is 2.45 bits per heavy atom. The van der Waals surface area contributed by atoms with Gasteiger partial charge >= 0.3 is 0 Å². The third-order valence-electron chi connectivity index (χ3n) is 6.61. The van der Waals surface area contributed by atoms with Crippen molar-refractivity contribution in [1.29, 1.82) is 0 Å². The van der Waals surface area contributed by atoms with Gasteiger partial charge in [0, 0.05) is 6.07 Å². The van der Waals surface area contributed by atoms with Crippen LogP contribution in [-0.2, 0) is 19.6 Å². The van der Waals surface area contributed by atoms with Gasteiger partial charge in [-0.1, -0.05) is 61.0 Å². The van der Waals surface area contributed by atoms with E-state index < -0.39 is 0 Å². The Morgan fingerprint density at radius 2 is 1.63 bits per heavy atom. The van der Waals surface area contributed by atoms with Crippen molar-refractivity contribution in [3.05, 3.63) is 111 Å². The fourth-order valence-corrected chi connectivity index (χ4v) is 4.73. The van der Waals surface area contributed by atoms with Crippen LogP contribution in [0.3, 0.4) is 0 Å². The van der Waals surface area contributed by atoms with Crippen molar-refractivity contribution in [2.24, 2.45) is 0 Å². The van der Waals surface area contributed by atoms with Gasteiger partial charge in [-0.2, -0.15) is 0 Å². The molecule has 38 heavy (non-hydrogen) atoms. The summed E-state index contributed by atoms with van der Waals surface area (Å²) in [6, 6.07) is 23.4. The van der Waals surface area contributed by atoms with Crippen LogP contribution in [0, 0.1) is 13.5 Å². The van der Waals surface area contributed by atoms with E-state index in [9.17, 15) is 0 Å². The lowest BCUT2D eigenvalue weighted by Crippen LogP contribution is -2.15. The molecule has 5 rings (SSSR count). The van der Waals surface area contributed by atoms with Gasteiger partial charge in [-0.05, 0) is 71.0 Å². The van der Waals surface area contributed by atoms with Crippen molar-refractivity contribution >= 4 is 17.3 Å². The average Bonchev–Trinajstić information content (AvgIpc) is 2.96. The van der Waals surface area contributed by atoms with E-state index >= 15 is 0 Å². The van der Waals surface area contributed by atoms with Crippen LogP contribution in [0.5, 0.6) is 23.0 Å². The zero-order valence-electron chi connectivity index (χ0n) is 21.4. The van der Waals surface area contributed by atoms with Crippen molar-refractivity contribution in [3.63, 3.8) is 0 Å². The Hall–Kier alpha value is -4.14. The summed E-state index contributed by atoms with van der Waals surface area (Å²) in [6.45, 7) is 13.2. The first-order valence-corrected chi connectivity index (χ1v) is 13.0. The minimum atomic E-state index is 0.355. The van der Waals surface area contributed by atoms with Crippen molar-refractivity contribution < 1.29 is 18.9 Å². The molecule has 0 saturated heterocycles. The zero-order valence-corrected chi connectivity index (χ0v) is 22.2. The maximum Gasteiger partial charge on any atom is 0.187 e. The first-order chi connectivity index (χ1) is 18.6. The van der Waals surface area contributed by atoms with Crippen LogP contribution in [0.25, 0.3) is 16.0 Å². The van der Waals surface area contributed by atoms with E-state index in [-0.39, 0.29) is 0 Å². The molecule has 5 nitrogen and oxygen atoms in total. The van der Waals surface area contributed by atoms with Crippen molar-refractivity contribution in [1.82, 2.24) is 0 Å². The van der Waals surface area contributed by atoms with Gasteiger partial charge in [-0.15, -0.1) is 0 Å². The van der Waals surface area contributed by atoms with Crippen molar-refractivity contribution in [2.45, 2.75) is 33.5 Å². The molecule has 192 valence electrons. The average molecular weight is 526 g/mol. The second-order valence-electron chi connectivity index (χ2n) is 9.05. The highest BCUT2D eigenvalue weighted by Gasteiger charge is 2.15. The maximum absolute atomic E-state index is 7.23. The number of rotatable bonds is 8. The number of halogens is 1. The summed E-state index contributed by atoms with van der Waals surface area (Å²) in [4.78, 5) is 3.50. The summed E-state index contributed by atoms with van der Waals surface area (Å²) < 4.78 is 23.8. The summed E-state index contributed by atoms with van der Waals surface area (Å²) in [5.74, 6) is 2.84. The highest BCUT2D eigenvalue weighted by molar-refractivity contribution is 6.32. The first kappa shape index (κ1) is 25.5. The summed E-state index contributed by atoms with van der Waals surface area (Å²) in [5.41, 5.74) is 6.90. The number of ether oxygens (including phenoxy) is 4. The normalized spacial score (nSPS) is 12.1. The van der Waals surface area contributed by atoms with E-state index in [1.165, 1.54) is 0 Å². The smallest absolute Gasteiger partial charge is 0.187 e. The monoisotopic (exact) mass is 525 g/mol. The Morgan fingerprint density at radius 1 is 0.842 bits per heavy atom. The molecule has 0 aliphatic carbocycles. The highest BCUT2D eigenvalue weighted by atomic mass is 35.5. The van der Waals surface area contributed by atoms with Gasteiger partial charge in [0.15, 0.2) is 17.2 Å². The third-order valence-corrected chi connectivity index (χ3v) is 6.91. The molecule has 4 aromatic carbocycles. The summed E-state index contributed by atoms with van der Waals surface area (Å²) in [6.07, 6.45) is 0.772. The predicted octanol–water partition coefficient (Wildman–Crippen LogP) is 8.36. The van der Waals surface area contributed by atoms with Crippen LogP contribution >= 0.6 is 11.6 Å². The van der Waals surface area contributed by atoms with Gasteiger partial charge < -0.3 is 18.9 Å². The van der Waals surface area contributed by atoms with Crippen LogP contribution in [-0.4, -0.2) is 13.2 Å². The number of benzene rings is 4. The number of nitrogens with zero attached hydrogens (tertiary/aromatic N) is 1. The second kappa shape index (κ2) is 11.5. The fraction of sp³-hybridized carbons (Fsp3) is 0.219. The summed E-state index contributed by atoms with van der Waals surface area (Å²) in [7, 11) is 0. The molecule has 0 amide bonds. The van der Waals surface area contributed by atoms with Gasteiger partial charge in [-0.3, -0.25) is 0 Å². The van der Waals surface area contributed by atoms with Crippen LogP contribution in [0.15, 0.2) is 72.8 Å². The second-order valence-corrected chi connectivity index (χ2v) is 9.46. The minimum absolute atomic E-state index is 0.355. The maximum atomic E-state index is 7.23. The van der Waals surface area contributed by atoms with E-state index in [2.05, 4.69) is 36.9 Å². The Bertz CT molecular complexity index is 1510. The summed E-state index contributed by atoms with van der Waals surface area (Å²) >= 11 is 6.60. The van der Waals surface area contributed by atoms with Crippen molar-refractivity contribution in [2.75, 3.05) is 13.2 Å². The van der Waals surface area contributed by atoms with Gasteiger partial charge in [0.25, 0.3) is 0 Å². The SMILES string of the molecule is [C-]#[N+]c1cccc(COc2cc(OCc3cccc(-c4ccc5c(c4)OCCO5)c3C)c(Cl)cc2CC)c1. The Kier molecular flexibility index (Phi) is 7.72. The Balaban J connectivity index is 1.34. The van der Waals surface area contributed by atoms with Crippen LogP contribution in [0.4, 0.5) is 5.69 Å². The van der Waals surface area contributed by atoms with Gasteiger partial charge in [-0.25, -0.2) is 4.85 Å². The number of aryl methyl sites for hydroxylation is 1. The van der Waals surface area contributed by atoms with Crippen molar-refractivity contribution in [3.8, 4) is 34.1 Å².